The first-order chi connectivity index (χ1) is 9.08. The topological polar surface area (TPSA) is 30.2 Å². The van der Waals surface area contributed by atoms with Crippen LogP contribution in [-0.4, -0.2) is 15.3 Å². The Morgan fingerprint density at radius 2 is 2.11 bits per heavy atom. The number of allylic oxidation sites excluding steroid dienone is 2. The van der Waals surface area contributed by atoms with Crippen molar-refractivity contribution in [1.82, 2.24) is 9.55 Å². The van der Waals surface area contributed by atoms with Gasteiger partial charge in [0.25, 0.3) is 0 Å². The van der Waals surface area contributed by atoms with E-state index in [-0.39, 0.29) is 0 Å². The van der Waals surface area contributed by atoms with Crippen LogP contribution in [0, 0.1) is 6.92 Å². The molecule has 0 unspecified atom stereocenters. The Bertz CT molecular complexity index is 702. The first kappa shape index (κ1) is 13.0. The van der Waals surface area contributed by atoms with Gasteiger partial charge in [0.05, 0.1) is 11.0 Å². The molecule has 1 heterocycles. The summed E-state index contributed by atoms with van der Waals surface area (Å²) < 4.78 is 1.98. The van der Waals surface area contributed by atoms with E-state index >= 15 is 0 Å². The quantitative estimate of drug-likeness (QED) is 0.757. The molecule has 19 heavy (non-hydrogen) atoms. The fraction of sp³-hybridized carbons (Fsp3) is 0.125. The Kier molecular flexibility index (Phi) is 3.47. The fourth-order valence-corrected chi connectivity index (χ4v) is 2.05. The lowest BCUT2D eigenvalue weighted by Gasteiger charge is -2.07. The maximum Gasteiger partial charge on any atom is 0.164 e. The third kappa shape index (κ3) is 2.27. The summed E-state index contributed by atoms with van der Waals surface area (Å²) in [6.07, 6.45) is 3.17. The molecule has 1 aromatic carbocycles. The highest BCUT2D eigenvalue weighted by Crippen LogP contribution is 2.22. The highest BCUT2D eigenvalue weighted by atomic mass is 15.1. The minimum absolute atomic E-state index is 0.687. The van der Waals surface area contributed by atoms with Gasteiger partial charge in [-0.25, -0.2) is 4.98 Å². The monoisotopic (exact) mass is 251 g/mol. The van der Waals surface area contributed by atoms with Crippen LogP contribution in [-0.2, 0) is 0 Å². The van der Waals surface area contributed by atoms with Crippen LogP contribution in [0.3, 0.4) is 0 Å². The van der Waals surface area contributed by atoms with E-state index in [1.807, 2.05) is 30.5 Å². The average molecular weight is 251 g/mol. The molecule has 0 aliphatic carbocycles. The van der Waals surface area contributed by atoms with Crippen LogP contribution in [0.25, 0.3) is 16.7 Å². The van der Waals surface area contributed by atoms with Gasteiger partial charge in [-0.15, -0.1) is 0 Å². The largest absolute Gasteiger partial charge is 0.296 e. The molecule has 1 aromatic heterocycles. The summed E-state index contributed by atoms with van der Waals surface area (Å²) in [6.45, 7) is 15.4. The number of nitrogens with zero attached hydrogens (tertiary/aromatic N) is 3. The minimum atomic E-state index is 0.687. The van der Waals surface area contributed by atoms with Crippen LogP contribution < -0.4 is 0 Å². The van der Waals surface area contributed by atoms with Crippen molar-refractivity contribution in [3.05, 3.63) is 61.6 Å². The van der Waals surface area contributed by atoms with Gasteiger partial charge >= 0.3 is 0 Å². The van der Waals surface area contributed by atoms with E-state index in [0.29, 0.717) is 5.71 Å². The summed E-state index contributed by atoms with van der Waals surface area (Å²) in [5, 5.41) is 0. The fourth-order valence-electron chi connectivity index (χ4n) is 2.05. The van der Waals surface area contributed by atoms with Gasteiger partial charge < -0.3 is 0 Å². The Morgan fingerprint density at radius 3 is 2.68 bits per heavy atom. The normalized spacial score (nSPS) is 11.6. The van der Waals surface area contributed by atoms with Crippen molar-refractivity contribution in [1.29, 1.82) is 0 Å². The third-order valence-corrected chi connectivity index (χ3v) is 2.84. The van der Waals surface area contributed by atoms with Crippen LogP contribution in [0.4, 0.5) is 0 Å². The van der Waals surface area contributed by atoms with Crippen molar-refractivity contribution in [3.63, 3.8) is 0 Å². The molecule has 0 spiro atoms. The zero-order chi connectivity index (χ0) is 14.0. The number of hydrogen-bond donors (Lipinski definition) is 0. The summed E-state index contributed by atoms with van der Waals surface area (Å²) in [5.41, 5.74) is 4.70. The van der Waals surface area contributed by atoms with E-state index in [2.05, 4.69) is 35.8 Å². The van der Waals surface area contributed by atoms with Crippen LogP contribution >= 0.6 is 0 Å². The molecule has 0 aliphatic heterocycles. The first-order valence-corrected chi connectivity index (χ1v) is 6.05. The Morgan fingerprint density at radius 1 is 1.37 bits per heavy atom. The van der Waals surface area contributed by atoms with Gasteiger partial charge in [-0.3, -0.25) is 9.56 Å². The lowest BCUT2D eigenvalue weighted by molar-refractivity contribution is 1.09. The molecule has 0 saturated carbocycles. The summed E-state index contributed by atoms with van der Waals surface area (Å²) in [5.74, 6) is 0.739. The molecule has 0 N–H and O–H groups in total. The molecule has 2 rings (SSSR count). The van der Waals surface area contributed by atoms with E-state index in [9.17, 15) is 0 Å². The highest BCUT2D eigenvalue weighted by molar-refractivity contribution is 6.08. The average Bonchev–Trinajstić information content (AvgIpc) is 2.73. The molecule has 0 atom stereocenters. The van der Waals surface area contributed by atoms with Crippen LogP contribution in [0.5, 0.6) is 0 Å². The maximum absolute atomic E-state index is 4.64. The van der Waals surface area contributed by atoms with Crippen LogP contribution in [0.1, 0.15) is 18.3 Å². The molecule has 0 amide bonds. The Balaban J connectivity index is 2.83. The molecule has 0 fully saturated rings. The van der Waals surface area contributed by atoms with Gasteiger partial charge in [0.2, 0.25) is 0 Å². The number of fused-ring (bicyclic) bond motifs is 1. The summed E-state index contributed by atoms with van der Waals surface area (Å²) in [6, 6.07) is 6.16. The van der Waals surface area contributed by atoms with E-state index in [1.165, 1.54) is 11.8 Å². The molecular weight excluding hydrogens is 234 g/mol. The van der Waals surface area contributed by atoms with Crippen molar-refractivity contribution >= 4 is 22.4 Å². The molecule has 0 saturated heterocycles. The van der Waals surface area contributed by atoms with Crippen LogP contribution in [0.2, 0.25) is 0 Å². The van der Waals surface area contributed by atoms with E-state index < -0.39 is 0 Å². The first-order valence-electron chi connectivity index (χ1n) is 6.05. The minimum Gasteiger partial charge on any atom is -0.296 e. The van der Waals surface area contributed by atoms with Crippen molar-refractivity contribution in [2.24, 2.45) is 4.99 Å². The van der Waals surface area contributed by atoms with Crippen LogP contribution in [0.15, 0.2) is 55.2 Å². The summed E-state index contributed by atoms with van der Waals surface area (Å²) in [4.78, 5) is 8.85. The second kappa shape index (κ2) is 5.06. The molecule has 2 aromatic rings. The van der Waals surface area contributed by atoms with E-state index in [0.717, 1.165) is 22.6 Å². The standard InChI is InChI=1S/C16H17N3/c1-6-13(17-7-2)16-18-14-10-12(5)8-9-15(14)19(16)11(3)4/h6-10H,1-3H2,4-5H3. The van der Waals surface area contributed by atoms with Crippen molar-refractivity contribution in [2.75, 3.05) is 0 Å². The number of rotatable bonds is 4. The molecule has 0 radical (unpaired) electrons. The number of aliphatic imine (C=N–C) groups is 1. The van der Waals surface area contributed by atoms with Gasteiger partial charge in [-0.2, -0.15) is 0 Å². The lowest BCUT2D eigenvalue weighted by atomic mass is 10.2. The third-order valence-electron chi connectivity index (χ3n) is 2.84. The SMILES string of the molecule is C=CN=C(C=C)c1nc2cc(C)ccc2n1C(=C)C. The van der Waals surface area contributed by atoms with Crippen molar-refractivity contribution < 1.29 is 0 Å². The second-order valence-electron chi connectivity index (χ2n) is 4.40. The zero-order valence-electron chi connectivity index (χ0n) is 11.3. The molecule has 0 aliphatic rings. The number of hydrogen-bond acceptors (Lipinski definition) is 2. The van der Waals surface area contributed by atoms with Gasteiger partial charge in [0, 0.05) is 11.9 Å². The number of imidazole rings is 1. The summed E-state index contributed by atoms with van der Waals surface area (Å²) in [7, 11) is 0. The zero-order valence-corrected chi connectivity index (χ0v) is 11.3. The highest BCUT2D eigenvalue weighted by Gasteiger charge is 2.14. The molecular formula is C16H17N3. The van der Waals surface area contributed by atoms with Gasteiger partial charge in [0.1, 0.15) is 5.71 Å². The van der Waals surface area contributed by atoms with E-state index in [4.69, 9.17) is 0 Å². The van der Waals surface area contributed by atoms with Crippen molar-refractivity contribution in [3.8, 4) is 0 Å². The number of aryl methyl sites for hydroxylation is 1. The Hall–Kier alpha value is -2.42. The van der Waals surface area contributed by atoms with Gasteiger partial charge in [-0.05, 0) is 37.6 Å². The van der Waals surface area contributed by atoms with Gasteiger partial charge in [0.15, 0.2) is 5.82 Å². The Labute approximate surface area is 113 Å². The smallest absolute Gasteiger partial charge is 0.164 e. The predicted molar refractivity (Wildman–Crippen MR) is 82.4 cm³/mol. The van der Waals surface area contributed by atoms with Gasteiger partial charge in [-0.1, -0.05) is 25.8 Å². The molecule has 3 heteroatoms. The number of benzene rings is 1. The summed E-state index contributed by atoms with van der Waals surface area (Å²) >= 11 is 0. The molecule has 3 nitrogen and oxygen atoms in total. The number of aromatic nitrogens is 2. The molecule has 96 valence electrons. The van der Waals surface area contributed by atoms with Crippen molar-refractivity contribution in [2.45, 2.75) is 13.8 Å². The van der Waals surface area contributed by atoms with E-state index in [1.54, 1.807) is 6.08 Å². The molecule has 0 bridgehead atoms. The second-order valence-corrected chi connectivity index (χ2v) is 4.40. The lowest BCUT2D eigenvalue weighted by Crippen LogP contribution is -2.07. The predicted octanol–water partition coefficient (Wildman–Crippen LogP) is 3.95. The maximum atomic E-state index is 4.64.